The predicted octanol–water partition coefficient (Wildman–Crippen LogP) is 1.61. The molecule has 0 fully saturated rings. The molecule has 1 heterocycles. The highest BCUT2D eigenvalue weighted by Crippen LogP contribution is 2.17. The Morgan fingerprint density at radius 3 is 2.60 bits per heavy atom. The lowest BCUT2D eigenvalue weighted by atomic mass is 10.3. The number of aromatic nitrogens is 2. The fourth-order valence-electron chi connectivity index (χ4n) is 0.601. The summed E-state index contributed by atoms with van der Waals surface area (Å²) in [5, 5.41) is 6.57. The van der Waals surface area contributed by atoms with Gasteiger partial charge in [0.05, 0.1) is 16.4 Å². The second kappa shape index (κ2) is 3.95. The quantitative estimate of drug-likeness (QED) is 0.764. The summed E-state index contributed by atoms with van der Waals surface area (Å²) in [6.45, 7) is 1.90. The molecule has 0 amide bonds. The van der Waals surface area contributed by atoms with Crippen LogP contribution in [0.1, 0.15) is 18.7 Å². The van der Waals surface area contributed by atoms with Gasteiger partial charge in [-0.25, -0.2) is 0 Å². The highest BCUT2D eigenvalue weighted by molar-refractivity contribution is 9.10. The van der Waals surface area contributed by atoms with Crippen LogP contribution >= 0.6 is 28.3 Å². The molecule has 58 valence electrons. The number of halogens is 2. The molecule has 0 saturated heterocycles. The van der Waals surface area contributed by atoms with Gasteiger partial charge in [-0.15, -0.1) is 12.4 Å². The Kier molecular flexibility index (Phi) is 3.93. The van der Waals surface area contributed by atoms with Crippen LogP contribution in [0.4, 0.5) is 0 Å². The van der Waals surface area contributed by atoms with Gasteiger partial charge in [-0.1, -0.05) is 0 Å². The molecule has 10 heavy (non-hydrogen) atoms. The first-order valence-corrected chi connectivity index (χ1v) is 3.45. The molecule has 0 spiro atoms. The molecule has 1 atom stereocenters. The van der Waals surface area contributed by atoms with Gasteiger partial charge in [0.25, 0.3) is 0 Å². The minimum atomic E-state index is 0. The van der Waals surface area contributed by atoms with E-state index in [0.29, 0.717) is 0 Å². The summed E-state index contributed by atoms with van der Waals surface area (Å²) >= 11 is 3.29. The molecule has 0 aliphatic rings. The summed E-state index contributed by atoms with van der Waals surface area (Å²) in [6, 6.07) is 0.0156. The Bertz CT molecular complexity index is 199. The Morgan fingerprint density at radius 2 is 2.40 bits per heavy atom. The van der Waals surface area contributed by atoms with Crippen molar-refractivity contribution < 1.29 is 0 Å². The minimum absolute atomic E-state index is 0. The van der Waals surface area contributed by atoms with Crippen molar-refractivity contribution in [3.8, 4) is 0 Å². The number of aromatic amines is 1. The standard InChI is InChI=1S/C5H8BrN3.ClH/c1-3(7)5-4(6)2-8-9-5;/h2-3H,7H2,1H3,(H,8,9);1H/t3-;/m0./s1. The summed E-state index contributed by atoms with van der Waals surface area (Å²) in [5.74, 6) is 0. The van der Waals surface area contributed by atoms with E-state index in [0.717, 1.165) is 10.2 Å². The molecule has 5 heteroatoms. The lowest BCUT2D eigenvalue weighted by Gasteiger charge is -1.99. The van der Waals surface area contributed by atoms with E-state index in [1.165, 1.54) is 0 Å². The maximum Gasteiger partial charge on any atom is 0.0658 e. The first-order valence-electron chi connectivity index (χ1n) is 2.66. The van der Waals surface area contributed by atoms with E-state index in [9.17, 15) is 0 Å². The molecular formula is C5H9BrClN3. The third-order valence-electron chi connectivity index (χ3n) is 1.08. The van der Waals surface area contributed by atoms with Crippen LogP contribution in [-0.4, -0.2) is 10.2 Å². The number of hydrogen-bond donors (Lipinski definition) is 2. The van der Waals surface area contributed by atoms with Crippen molar-refractivity contribution in [1.29, 1.82) is 0 Å². The first kappa shape index (κ1) is 9.94. The van der Waals surface area contributed by atoms with E-state index < -0.39 is 0 Å². The van der Waals surface area contributed by atoms with Crippen molar-refractivity contribution in [2.24, 2.45) is 5.73 Å². The van der Waals surface area contributed by atoms with Crippen LogP contribution < -0.4 is 5.73 Å². The lowest BCUT2D eigenvalue weighted by Crippen LogP contribution is -2.05. The number of H-pyrrole nitrogens is 1. The smallest absolute Gasteiger partial charge is 0.0658 e. The third-order valence-corrected chi connectivity index (χ3v) is 1.71. The molecule has 1 aromatic heterocycles. The maximum absolute atomic E-state index is 5.56. The van der Waals surface area contributed by atoms with Crippen LogP contribution in [0.3, 0.4) is 0 Å². The molecule has 0 bridgehead atoms. The van der Waals surface area contributed by atoms with Gasteiger partial charge < -0.3 is 5.73 Å². The molecule has 3 nitrogen and oxygen atoms in total. The second-order valence-corrected chi connectivity index (χ2v) is 2.77. The van der Waals surface area contributed by atoms with Crippen LogP contribution in [-0.2, 0) is 0 Å². The van der Waals surface area contributed by atoms with E-state index in [1.807, 2.05) is 6.92 Å². The van der Waals surface area contributed by atoms with Crippen molar-refractivity contribution in [3.05, 3.63) is 16.4 Å². The number of nitrogens with zero attached hydrogens (tertiary/aromatic N) is 1. The van der Waals surface area contributed by atoms with E-state index in [1.54, 1.807) is 6.20 Å². The second-order valence-electron chi connectivity index (χ2n) is 1.92. The van der Waals surface area contributed by atoms with E-state index in [-0.39, 0.29) is 18.4 Å². The maximum atomic E-state index is 5.56. The molecule has 3 N–H and O–H groups in total. The summed E-state index contributed by atoms with van der Waals surface area (Å²) in [5.41, 5.74) is 6.50. The fourth-order valence-corrected chi connectivity index (χ4v) is 1.15. The van der Waals surface area contributed by atoms with Gasteiger partial charge >= 0.3 is 0 Å². The Hall–Kier alpha value is -0.0600. The van der Waals surface area contributed by atoms with Crippen LogP contribution in [0.25, 0.3) is 0 Å². The molecular weight excluding hydrogens is 217 g/mol. The van der Waals surface area contributed by atoms with Gasteiger partial charge in [0.1, 0.15) is 0 Å². The average molecular weight is 227 g/mol. The van der Waals surface area contributed by atoms with Gasteiger partial charge in [-0.2, -0.15) is 5.10 Å². The van der Waals surface area contributed by atoms with E-state index in [4.69, 9.17) is 5.73 Å². The summed E-state index contributed by atoms with van der Waals surface area (Å²) in [6.07, 6.45) is 1.69. The fraction of sp³-hybridized carbons (Fsp3) is 0.400. The topological polar surface area (TPSA) is 54.7 Å². The number of rotatable bonds is 1. The SMILES string of the molecule is C[C@H](N)c1[nH]ncc1Br.Cl. The van der Waals surface area contributed by atoms with Crippen molar-refractivity contribution in [1.82, 2.24) is 10.2 Å². The number of hydrogen-bond acceptors (Lipinski definition) is 2. The van der Waals surface area contributed by atoms with Crippen molar-refractivity contribution in [3.63, 3.8) is 0 Å². The first-order chi connectivity index (χ1) is 4.22. The highest BCUT2D eigenvalue weighted by Gasteiger charge is 2.04. The van der Waals surface area contributed by atoms with Crippen molar-refractivity contribution >= 4 is 28.3 Å². The normalized spacial score (nSPS) is 12.3. The Labute approximate surface area is 73.9 Å². The lowest BCUT2D eigenvalue weighted by molar-refractivity contribution is 0.768. The molecule has 1 rings (SSSR count). The monoisotopic (exact) mass is 225 g/mol. The van der Waals surface area contributed by atoms with E-state index in [2.05, 4.69) is 26.1 Å². The number of nitrogens with two attached hydrogens (primary N) is 1. The summed E-state index contributed by atoms with van der Waals surface area (Å²) in [7, 11) is 0. The van der Waals surface area contributed by atoms with Crippen LogP contribution in [0, 0.1) is 0 Å². The summed E-state index contributed by atoms with van der Waals surface area (Å²) in [4.78, 5) is 0. The largest absolute Gasteiger partial charge is 0.323 e. The van der Waals surface area contributed by atoms with Crippen LogP contribution in [0.2, 0.25) is 0 Å². The van der Waals surface area contributed by atoms with E-state index >= 15 is 0 Å². The molecule has 1 aromatic rings. The molecule has 0 aromatic carbocycles. The average Bonchev–Trinajstić information content (AvgIpc) is 2.13. The summed E-state index contributed by atoms with van der Waals surface area (Å²) < 4.78 is 0.942. The molecule has 0 unspecified atom stereocenters. The predicted molar refractivity (Wildman–Crippen MR) is 46.1 cm³/mol. The molecule has 0 saturated carbocycles. The third kappa shape index (κ3) is 1.97. The van der Waals surface area contributed by atoms with Crippen LogP contribution in [0.15, 0.2) is 10.7 Å². The van der Waals surface area contributed by atoms with Gasteiger partial charge in [0, 0.05) is 6.04 Å². The Balaban J connectivity index is 0.000000810. The molecule has 0 aliphatic heterocycles. The van der Waals surface area contributed by atoms with Gasteiger partial charge in [-0.05, 0) is 22.9 Å². The van der Waals surface area contributed by atoms with Gasteiger partial charge in [0.15, 0.2) is 0 Å². The zero-order valence-electron chi connectivity index (χ0n) is 5.47. The van der Waals surface area contributed by atoms with Gasteiger partial charge in [-0.3, -0.25) is 5.10 Å². The van der Waals surface area contributed by atoms with Crippen molar-refractivity contribution in [2.75, 3.05) is 0 Å². The van der Waals surface area contributed by atoms with Crippen molar-refractivity contribution in [2.45, 2.75) is 13.0 Å². The Morgan fingerprint density at radius 1 is 1.80 bits per heavy atom. The van der Waals surface area contributed by atoms with Gasteiger partial charge in [0.2, 0.25) is 0 Å². The highest BCUT2D eigenvalue weighted by atomic mass is 79.9. The zero-order chi connectivity index (χ0) is 6.85. The number of nitrogens with one attached hydrogen (secondary N) is 1. The zero-order valence-corrected chi connectivity index (χ0v) is 7.87. The van der Waals surface area contributed by atoms with Crippen LogP contribution in [0.5, 0.6) is 0 Å². The molecule has 0 radical (unpaired) electrons. The molecule has 0 aliphatic carbocycles. The minimum Gasteiger partial charge on any atom is -0.323 e.